The van der Waals surface area contributed by atoms with E-state index < -0.39 is 0 Å². The first-order valence-electron chi connectivity index (χ1n) is 7.30. The van der Waals surface area contributed by atoms with E-state index >= 15 is 0 Å². The van der Waals surface area contributed by atoms with Gasteiger partial charge in [-0.05, 0) is 31.2 Å². The largest absolute Gasteiger partial charge is 0.393 e. The lowest BCUT2D eigenvalue weighted by molar-refractivity contribution is 0.101. The van der Waals surface area contributed by atoms with Crippen molar-refractivity contribution in [1.29, 1.82) is 0 Å². The Balaban J connectivity index is 1.85. The Morgan fingerprint density at radius 3 is 2.50 bits per heavy atom. The summed E-state index contributed by atoms with van der Waals surface area (Å²) in [5, 5.41) is 6.15. The van der Waals surface area contributed by atoms with Crippen molar-refractivity contribution in [3.05, 3.63) is 60.6 Å². The standard InChI is InChI=1S/C17H16N6O/c1-11(24)12-5-4-6-13(9-12)22-16-15(18)17(21-10-20-16)23-14-7-2-3-8-19-14/h2-10H,18H2,1H3,(H2,19,20,21,22,23). The van der Waals surface area contributed by atoms with Crippen LogP contribution in [-0.4, -0.2) is 20.7 Å². The molecule has 4 N–H and O–H groups in total. The number of hydrogen-bond acceptors (Lipinski definition) is 7. The van der Waals surface area contributed by atoms with Gasteiger partial charge in [0.15, 0.2) is 17.4 Å². The van der Waals surface area contributed by atoms with Crippen molar-refractivity contribution in [2.45, 2.75) is 6.92 Å². The summed E-state index contributed by atoms with van der Waals surface area (Å²) in [4.78, 5) is 24.0. The van der Waals surface area contributed by atoms with Crippen LogP contribution in [0.3, 0.4) is 0 Å². The zero-order valence-electron chi connectivity index (χ0n) is 13.0. The van der Waals surface area contributed by atoms with Gasteiger partial charge in [0.25, 0.3) is 0 Å². The Hall–Kier alpha value is -3.48. The maximum atomic E-state index is 11.5. The number of Topliss-reactive ketones (excluding diaryl/α,β-unsaturated/α-hetero) is 1. The molecule has 0 spiro atoms. The molecule has 0 saturated carbocycles. The average molecular weight is 320 g/mol. The monoisotopic (exact) mass is 320 g/mol. The molecule has 0 unspecified atom stereocenters. The van der Waals surface area contributed by atoms with Gasteiger partial charge in [-0.1, -0.05) is 18.2 Å². The molecule has 2 heterocycles. The lowest BCUT2D eigenvalue weighted by atomic mass is 10.1. The van der Waals surface area contributed by atoms with Crippen molar-refractivity contribution in [2.24, 2.45) is 0 Å². The Morgan fingerprint density at radius 1 is 1.00 bits per heavy atom. The summed E-state index contributed by atoms with van der Waals surface area (Å²) in [5.74, 6) is 1.53. The first-order valence-corrected chi connectivity index (χ1v) is 7.30. The second-order valence-electron chi connectivity index (χ2n) is 5.09. The number of aromatic nitrogens is 3. The molecule has 120 valence electrons. The van der Waals surface area contributed by atoms with E-state index in [0.717, 1.165) is 5.69 Å². The van der Waals surface area contributed by atoms with Gasteiger partial charge in [-0.3, -0.25) is 4.79 Å². The number of nitrogen functional groups attached to an aromatic ring is 1. The van der Waals surface area contributed by atoms with Gasteiger partial charge >= 0.3 is 0 Å². The molecular formula is C17H16N6O. The number of nitrogens with zero attached hydrogens (tertiary/aromatic N) is 3. The second kappa shape index (κ2) is 6.74. The Bertz CT molecular complexity index is 866. The Morgan fingerprint density at radius 2 is 1.79 bits per heavy atom. The molecule has 3 rings (SSSR count). The summed E-state index contributed by atoms with van der Waals surface area (Å²) in [6.07, 6.45) is 3.07. The van der Waals surface area contributed by atoms with Crippen molar-refractivity contribution in [3.8, 4) is 0 Å². The minimum Gasteiger partial charge on any atom is -0.393 e. The van der Waals surface area contributed by atoms with E-state index in [0.29, 0.717) is 28.7 Å². The van der Waals surface area contributed by atoms with Crippen molar-refractivity contribution >= 4 is 34.6 Å². The predicted octanol–water partition coefficient (Wildman–Crippen LogP) is 3.14. The number of nitrogens with one attached hydrogen (secondary N) is 2. The third kappa shape index (κ3) is 3.46. The van der Waals surface area contributed by atoms with Crippen molar-refractivity contribution < 1.29 is 4.79 Å². The molecule has 3 aromatic rings. The quantitative estimate of drug-likeness (QED) is 0.620. The molecule has 0 saturated heterocycles. The fourth-order valence-corrected chi connectivity index (χ4v) is 2.11. The fraction of sp³-hybridized carbons (Fsp3) is 0.0588. The number of anilines is 5. The van der Waals surface area contributed by atoms with Gasteiger partial charge in [0, 0.05) is 17.4 Å². The first kappa shape index (κ1) is 15.4. The van der Waals surface area contributed by atoms with E-state index in [1.54, 1.807) is 24.4 Å². The minimum absolute atomic E-state index is 0.00758. The average Bonchev–Trinajstić information content (AvgIpc) is 2.60. The van der Waals surface area contributed by atoms with Crippen molar-refractivity contribution in [1.82, 2.24) is 15.0 Å². The number of carbonyl (C=O) groups is 1. The molecular weight excluding hydrogens is 304 g/mol. The van der Waals surface area contributed by atoms with Crippen LogP contribution in [-0.2, 0) is 0 Å². The molecule has 0 aliphatic heterocycles. The molecule has 0 radical (unpaired) electrons. The smallest absolute Gasteiger partial charge is 0.160 e. The molecule has 24 heavy (non-hydrogen) atoms. The topological polar surface area (TPSA) is 106 Å². The molecule has 0 atom stereocenters. The number of pyridine rings is 1. The SMILES string of the molecule is CC(=O)c1cccc(Nc2ncnc(Nc3ccccn3)c2N)c1. The van der Waals surface area contributed by atoms with Gasteiger partial charge in [-0.25, -0.2) is 15.0 Å². The summed E-state index contributed by atoms with van der Waals surface area (Å²) >= 11 is 0. The highest BCUT2D eigenvalue weighted by Gasteiger charge is 2.10. The molecule has 0 fully saturated rings. The normalized spacial score (nSPS) is 10.2. The molecule has 7 heteroatoms. The molecule has 1 aromatic carbocycles. The van der Waals surface area contributed by atoms with Crippen molar-refractivity contribution in [3.63, 3.8) is 0 Å². The lowest BCUT2D eigenvalue weighted by Crippen LogP contribution is -2.06. The maximum absolute atomic E-state index is 11.5. The van der Waals surface area contributed by atoms with Gasteiger partial charge in [-0.2, -0.15) is 0 Å². The molecule has 2 aromatic heterocycles. The lowest BCUT2D eigenvalue weighted by Gasteiger charge is -2.12. The maximum Gasteiger partial charge on any atom is 0.160 e. The van der Waals surface area contributed by atoms with Gasteiger partial charge < -0.3 is 16.4 Å². The van der Waals surface area contributed by atoms with Crippen LogP contribution < -0.4 is 16.4 Å². The highest BCUT2D eigenvalue weighted by molar-refractivity contribution is 5.95. The number of nitrogens with two attached hydrogens (primary N) is 1. The summed E-state index contributed by atoms with van der Waals surface area (Å²) in [7, 11) is 0. The van der Waals surface area contributed by atoms with Gasteiger partial charge in [0.2, 0.25) is 0 Å². The number of ketones is 1. The van der Waals surface area contributed by atoms with Crippen LogP contribution in [0.1, 0.15) is 17.3 Å². The molecule has 7 nitrogen and oxygen atoms in total. The Kier molecular flexibility index (Phi) is 4.33. The summed E-state index contributed by atoms with van der Waals surface area (Å²) in [6.45, 7) is 1.52. The summed E-state index contributed by atoms with van der Waals surface area (Å²) < 4.78 is 0. The van der Waals surface area contributed by atoms with Crippen LogP contribution in [0, 0.1) is 0 Å². The van der Waals surface area contributed by atoms with E-state index in [1.165, 1.54) is 13.3 Å². The summed E-state index contributed by atoms with van der Waals surface area (Å²) in [5.41, 5.74) is 7.82. The van der Waals surface area contributed by atoms with Crippen LogP contribution in [0.5, 0.6) is 0 Å². The van der Waals surface area contributed by atoms with E-state index in [4.69, 9.17) is 5.73 Å². The molecule has 0 bridgehead atoms. The third-order valence-electron chi connectivity index (χ3n) is 3.33. The second-order valence-corrected chi connectivity index (χ2v) is 5.09. The van der Waals surface area contributed by atoms with Crippen molar-refractivity contribution in [2.75, 3.05) is 16.4 Å². The van der Waals surface area contributed by atoms with Gasteiger partial charge in [0.1, 0.15) is 17.8 Å². The minimum atomic E-state index is -0.00758. The first-order chi connectivity index (χ1) is 11.6. The number of benzene rings is 1. The van der Waals surface area contributed by atoms with E-state index in [1.807, 2.05) is 24.3 Å². The van der Waals surface area contributed by atoms with Crippen LogP contribution in [0.25, 0.3) is 0 Å². The van der Waals surface area contributed by atoms with Gasteiger partial charge in [-0.15, -0.1) is 0 Å². The highest BCUT2D eigenvalue weighted by Crippen LogP contribution is 2.27. The zero-order chi connectivity index (χ0) is 16.9. The van der Waals surface area contributed by atoms with Crippen LogP contribution in [0.2, 0.25) is 0 Å². The number of carbonyl (C=O) groups excluding carboxylic acids is 1. The number of hydrogen-bond donors (Lipinski definition) is 3. The predicted molar refractivity (Wildman–Crippen MR) is 93.7 cm³/mol. The Labute approximate surface area is 139 Å². The van der Waals surface area contributed by atoms with Crippen LogP contribution >= 0.6 is 0 Å². The number of rotatable bonds is 5. The van der Waals surface area contributed by atoms with Crippen LogP contribution in [0.4, 0.5) is 28.8 Å². The molecule has 0 aliphatic carbocycles. The molecule has 0 aliphatic rings. The van der Waals surface area contributed by atoms with E-state index in [9.17, 15) is 4.79 Å². The van der Waals surface area contributed by atoms with E-state index in [-0.39, 0.29) is 5.78 Å². The summed E-state index contributed by atoms with van der Waals surface area (Å²) in [6, 6.07) is 12.6. The van der Waals surface area contributed by atoms with E-state index in [2.05, 4.69) is 25.6 Å². The molecule has 0 amide bonds. The zero-order valence-corrected chi connectivity index (χ0v) is 13.0. The highest BCUT2D eigenvalue weighted by atomic mass is 16.1. The third-order valence-corrected chi connectivity index (χ3v) is 3.33. The fourth-order valence-electron chi connectivity index (χ4n) is 2.11. The van der Waals surface area contributed by atoms with Crippen LogP contribution in [0.15, 0.2) is 55.0 Å². The van der Waals surface area contributed by atoms with Gasteiger partial charge in [0.05, 0.1) is 0 Å².